The summed E-state index contributed by atoms with van der Waals surface area (Å²) < 4.78 is 17.5. The van der Waals surface area contributed by atoms with E-state index in [1.165, 1.54) is 10.6 Å². The molecule has 28 heavy (non-hydrogen) atoms. The molecular formula is C20H15FN6O. The fraction of sp³-hybridized carbons (Fsp3) is 0.100. The summed E-state index contributed by atoms with van der Waals surface area (Å²) in [6.07, 6.45) is 3.19. The fourth-order valence-electron chi connectivity index (χ4n) is 3.45. The van der Waals surface area contributed by atoms with Crippen molar-refractivity contribution in [2.45, 2.75) is 13.0 Å². The van der Waals surface area contributed by atoms with Gasteiger partial charge in [0, 0.05) is 5.56 Å². The van der Waals surface area contributed by atoms with Crippen molar-refractivity contribution in [2.75, 3.05) is 0 Å². The highest BCUT2D eigenvalue weighted by Gasteiger charge is 2.20. The van der Waals surface area contributed by atoms with Gasteiger partial charge in [-0.3, -0.25) is 9.13 Å². The summed E-state index contributed by atoms with van der Waals surface area (Å²) in [6.45, 7) is 1.77. The maximum Gasteiger partial charge on any atom is 0.328 e. The standard InChI is InChI=1S/C20H15FN6O/c1-12(13-6-2-3-7-14(13)21)27-18-16(24-20(27)28)10-22-19(25-18)26-11-23-15-8-4-5-9-17(15)26/h2-12H,1H3,(H,24,28)/t12-/m1/s1. The van der Waals surface area contributed by atoms with E-state index in [0.717, 1.165) is 11.0 Å². The van der Waals surface area contributed by atoms with Crippen LogP contribution in [0.25, 0.3) is 28.1 Å². The van der Waals surface area contributed by atoms with E-state index < -0.39 is 6.04 Å². The molecule has 0 radical (unpaired) electrons. The van der Waals surface area contributed by atoms with Gasteiger partial charge in [0.15, 0.2) is 5.65 Å². The highest BCUT2D eigenvalue weighted by atomic mass is 19.1. The third kappa shape index (κ3) is 2.42. The van der Waals surface area contributed by atoms with Crippen LogP contribution in [-0.4, -0.2) is 29.1 Å². The fourth-order valence-corrected chi connectivity index (χ4v) is 3.45. The lowest BCUT2D eigenvalue weighted by Crippen LogP contribution is -2.22. The number of nitrogens with zero attached hydrogens (tertiary/aromatic N) is 5. The lowest BCUT2D eigenvalue weighted by Gasteiger charge is -2.14. The quantitative estimate of drug-likeness (QED) is 0.526. The summed E-state index contributed by atoms with van der Waals surface area (Å²) in [4.78, 5) is 28.6. The predicted molar refractivity (Wildman–Crippen MR) is 103 cm³/mol. The molecule has 0 saturated heterocycles. The van der Waals surface area contributed by atoms with Gasteiger partial charge in [-0.2, -0.15) is 4.98 Å². The Hall–Kier alpha value is -3.81. The molecule has 7 nitrogen and oxygen atoms in total. The normalized spacial score (nSPS) is 12.6. The van der Waals surface area contributed by atoms with Crippen LogP contribution in [-0.2, 0) is 0 Å². The van der Waals surface area contributed by atoms with Crippen molar-refractivity contribution in [3.05, 3.63) is 82.9 Å². The number of hydrogen-bond donors (Lipinski definition) is 1. The minimum absolute atomic E-state index is 0.368. The first-order valence-corrected chi connectivity index (χ1v) is 8.77. The summed E-state index contributed by atoms with van der Waals surface area (Å²) in [6, 6.07) is 13.5. The summed E-state index contributed by atoms with van der Waals surface area (Å²) in [5, 5.41) is 0. The van der Waals surface area contributed by atoms with Crippen LogP contribution in [0.4, 0.5) is 4.39 Å². The Morgan fingerprint density at radius 2 is 1.86 bits per heavy atom. The van der Waals surface area contributed by atoms with Crippen LogP contribution in [0, 0.1) is 5.82 Å². The average molecular weight is 374 g/mol. The third-order valence-corrected chi connectivity index (χ3v) is 4.86. The first kappa shape index (κ1) is 16.4. The molecular weight excluding hydrogens is 359 g/mol. The molecule has 0 unspecified atom stereocenters. The number of H-pyrrole nitrogens is 1. The second-order valence-electron chi connectivity index (χ2n) is 6.51. The molecule has 0 bridgehead atoms. The summed E-state index contributed by atoms with van der Waals surface area (Å²) in [7, 11) is 0. The molecule has 138 valence electrons. The Morgan fingerprint density at radius 1 is 1.07 bits per heavy atom. The van der Waals surface area contributed by atoms with Crippen LogP contribution < -0.4 is 5.69 Å². The van der Waals surface area contributed by atoms with E-state index in [4.69, 9.17) is 0 Å². The molecule has 0 saturated carbocycles. The van der Waals surface area contributed by atoms with Crippen molar-refractivity contribution >= 4 is 22.2 Å². The molecule has 0 amide bonds. The number of aromatic amines is 1. The monoisotopic (exact) mass is 374 g/mol. The number of para-hydroxylation sites is 2. The van der Waals surface area contributed by atoms with Gasteiger partial charge in [-0.05, 0) is 25.1 Å². The van der Waals surface area contributed by atoms with Gasteiger partial charge in [0.25, 0.3) is 0 Å². The van der Waals surface area contributed by atoms with Crippen molar-refractivity contribution in [3.8, 4) is 5.95 Å². The summed E-state index contributed by atoms with van der Waals surface area (Å²) in [5.41, 5.74) is 2.61. The van der Waals surface area contributed by atoms with Crippen molar-refractivity contribution in [1.29, 1.82) is 0 Å². The average Bonchev–Trinajstić information content (AvgIpc) is 3.27. The molecule has 8 heteroatoms. The molecule has 2 aromatic carbocycles. The number of nitrogens with one attached hydrogen (secondary N) is 1. The number of fused-ring (bicyclic) bond motifs is 2. The van der Waals surface area contributed by atoms with Gasteiger partial charge in [0.05, 0.1) is 23.3 Å². The Morgan fingerprint density at radius 3 is 2.71 bits per heavy atom. The lowest BCUT2D eigenvalue weighted by molar-refractivity contribution is 0.554. The predicted octanol–water partition coefficient (Wildman–Crippen LogP) is 3.21. The lowest BCUT2D eigenvalue weighted by atomic mass is 10.1. The Labute approximate surface area is 158 Å². The highest BCUT2D eigenvalue weighted by Crippen LogP contribution is 2.23. The van der Waals surface area contributed by atoms with Crippen LogP contribution in [0.5, 0.6) is 0 Å². The first-order valence-electron chi connectivity index (χ1n) is 8.77. The minimum atomic E-state index is -0.537. The largest absolute Gasteiger partial charge is 0.328 e. The molecule has 0 spiro atoms. The number of benzene rings is 2. The van der Waals surface area contributed by atoms with E-state index in [0.29, 0.717) is 22.7 Å². The van der Waals surface area contributed by atoms with Gasteiger partial charge in [-0.25, -0.2) is 19.2 Å². The SMILES string of the molecule is C[C@H](c1ccccc1F)n1c(=O)[nH]c2cnc(-n3cnc4ccccc43)nc21. The van der Waals surface area contributed by atoms with E-state index in [2.05, 4.69) is 19.9 Å². The van der Waals surface area contributed by atoms with Gasteiger partial charge in [-0.15, -0.1) is 0 Å². The van der Waals surface area contributed by atoms with Crippen molar-refractivity contribution in [3.63, 3.8) is 0 Å². The molecule has 1 N–H and O–H groups in total. The molecule has 0 fully saturated rings. The number of rotatable bonds is 3. The first-order chi connectivity index (χ1) is 13.6. The van der Waals surface area contributed by atoms with Gasteiger partial charge in [0.1, 0.15) is 17.7 Å². The van der Waals surface area contributed by atoms with Crippen LogP contribution in [0.3, 0.4) is 0 Å². The van der Waals surface area contributed by atoms with Crippen molar-refractivity contribution in [2.24, 2.45) is 0 Å². The Balaban J connectivity index is 1.71. The number of imidazole rings is 2. The molecule has 5 rings (SSSR count). The van der Waals surface area contributed by atoms with Crippen LogP contribution in [0.15, 0.2) is 65.8 Å². The van der Waals surface area contributed by atoms with Gasteiger partial charge >= 0.3 is 5.69 Å². The summed E-state index contributed by atoms with van der Waals surface area (Å²) >= 11 is 0. The molecule has 3 aromatic heterocycles. The third-order valence-electron chi connectivity index (χ3n) is 4.86. The summed E-state index contributed by atoms with van der Waals surface area (Å²) in [5.74, 6) is 0.0146. The number of halogens is 1. The van der Waals surface area contributed by atoms with Crippen LogP contribution in [0.1, 0.15) is 18.5 Å². The van der Waals surface area contributed by atoms with Gasteiger partial charge in [-0.1, -0.05) is 30.3 Å². The number of hydrogen-bond acceptors (Lipinski definition) is 4. The molecule has 3 heterocycles. The molecule has 0 aliphatic carbocycles. The maximum atomic E-state index is 14.3. The smallest absolute Gasteiger partial charge is 0.303 e. The van der Waals surface area contributed by atoms with Crippen LogP contribution in [0.2, 0.25) is 0 Å². The van der Waals surface area contributed by atoms with E-state index >= 15 is 0 Å². The zero-order valence-corrected chi connectivity index (χ0v) is 14.9. The zero-order chi connectivity index (χ0) is 19.3. The van der Waals surface area contributed by atoms with E-state index in [1.807, 2.05) is 24.3 Å². The molecule has 0 aliphatic heterocycles. The van der Waals surface area contributed by atoms with Crippen LogP contribution >= 0.6 is 0 Å². The second-order valence-corrected chi connectivity index (χ2v) is 6.51. The Kier molecular flexibility index (Phi) is 3.58. The van der Waals surface area contributed by atoms with E-state index in [9.17, 15) is 9.18 Å². The van der Waals surface area contributed by atoms with Crippen molar-refractivity contribution in [1.82, 2.24) is 29.1 Å². The Bertz CT molecular complexity index is 1380. The van der Waals surface area contributed by atoms with Gasteiger partial charge < -0.3 is 4.98 Å². The maximum absolute atomic E-state index is 14.3. The van der Waals surface area contributed by atoms with E-state index in [-0.39, 0.29) is 11.5 Å². The second kappa shape index (κ2) is 6.12. The molecule has 5 aromatic rings. The topological polar surface area (TPSA) is 81.4 Å². The number of aromatic nitrogens is 6. The van der Waals surface area contributed by atoms with Crippen molar-refractivity contribution < 1.29 is 4.39 Å². The highest BCUT2D eigenvalue weighted by molar-refractivity contribution is 5.77. The minimum Gasteiger partial charge on any atom is -0.303 e. The molecule has 1 atom stereocenters. The van der Waals surface area contributed by atoms with E-state index in [1.54, 1.807) is 42.2 Å². The zero-order valence-electron chi connectivity index (χ0n) is 14.9. The van der Waals surface area contributed by atoms with Gasteiger partial charge in [0.2, 0.25) is 5.95 Å². The molecule has 0 aliphatic rings.